The lowest BCUT2D eigenvalue weighted by Gasteiger charge is -2.22. The van der Waals surface area contributed by atoms with Gasteiger partial charge in [0.15, 0.2) is 0 Å². The van der Waals surface area contributed by atoms with Crippen molar-refractivity contribution >= 4 is 12.4 Å². The summed E-state index contributed by atoms with van der Waals surface area (Å²) in [4.78, 5) is 6.68. The van der Waals surface area contributed by atoms with Gasteiger partial charge in [-0.2, -0.15) is 5.10 Å². The summed E-state index contributed by atoms with van der Waals surface area (Å²) in [6.45, 7) is 6.12. The zero-order valence-corrected chi connectivity index (χ0v) is 14.0. The second kappa shape index (κ2) is 6.77. The molecule has 1 aliphatic heterocycles. The molecule has 0 amide bonds. The molecule has 22 heavy (non-hydrogen) atoms. The largest absolute Gasteiger partial charge is 0.330 e. The number of aromatic nitrogens is 3. The van der Waals surface area contributed by atoms with Crippen LogP contribution in [0.25, 0.3) is 11.3 Å². The van der Waals surface area contributed by atoms with Crippen LogP contribution in [0.3, 0.4) is 0 Å². The molecule has 0 spiro atoms. The van der Waals surface area contributed by atoms with E-state index in [1.54, 1.807) is 6.20 Å². The van der Waals surface area contributed by atoms with Crippen LogP contribution in [0, 0.1) is 5.41 Å². The van der Waals surface area contributed by atoms with Crippen molar-refractivity contribution in [1.82, 2.24) is 19.7 Å². The quantitative estimate of drug-likeness (QED) is 0.936. The molecule has 2 N–H and O–H groups in total. The van der Waals surface area contributed by atoms with Crippen molar-refractivity contribution in [2.75, 3.05) is 19.6 Å². The van der Waals surface area contributed by atoms with Crippen molar-refractivity contribution in [1.29, 1.82) is 0 Å². The van der Waals surface area contributed by atoms with Crippen LogP contribution >= 0.6 is 12.4 Å². The van der Waals surface area contributed by atoms with Crippen LogP contribution in [0.2, 0.25) is 0 Å². The molecule has 0 saturated carbocycles. The Morgan fingerprint density at radius 1 is 1.41 bits per heavy atom. The van der Waals surface area contributed by atoms with Crippen molar-refractivity contribution in [3.63, 3.8) is 0 Å². The fourth-order valence-electron chi connectivity index (χ4n) is 3.07. The third-order valence-electron chi connectivity index (χ3n) is 4.36. The highest BCUT2D eigenvalue weighted by atomic mass is 35.5. The Morgan fingerprint density at radius 3 is 2.86 bits per heavy atom. The van der Waals surface area contributed by atoms with E-state index in [0.717, 1.165) is 37.4 Å². The monoisotopic (exact) mass is 321 g/mol. The Bertz CT molecular complexity index is 612. The van der Waals surface area contributed by atoms with Crippen LogP contribution < -0.4 is 5.73 Å². The van der Waals surface area contributed by atoms with Gasteiger partial charge in [0.1, 0.15) is 0 Å². The molecule has 0 radical (unpaired) electrons. The second-order valence-electron chi connectivity index (χ2n) is 6.39. The Morgan fingerprint density at radius 2 is 2.23 bits per heavy atom. The lowest BCUT2D eigenvalue weighted by atomic mass is 9.90. The standard InChI is InChI=1S/C16H23N5.ClH/c1-16(11-17)5-7-21(12-16)10-14-9-20(2)19-15(14)13-4-3-6-18-8-13;/h3-4,6,8-9H,5,7,10-12,17H2,1-2H3;1H. The van der Waals surface area contributed by atoms with Crippen LogP contribution in [0.4, 0.5) is 0 Å². The fraction of sp³-hybridized carbons (Fsp3) is 0.500. The molecule has 0 aromatic carbocycles. The van der Waals surface area contributed by atoms with Gasteiger partial charge in [-0.1, -0.05) is 6.92 Å². The van der Waals surface area contributed by atoms with E-state index in [4.69, 9.17) is 5.73 Å². The van der Waals surface area contributed by atoms with Crippen LogP contribution in [0.15, 0.2) is 30.7 Å². The van der Waals surface area contributed by atoms with E-state index < -0.39 is 0 Å². The molecular formula is C16H24ClN5. The maximum atomic E-state index is 5.90. The summed E-state index contributed by atoms with van der Waals surface area (Å²) in [6, 6.07) is 4.02. The zero-order chi connectivity index (χ0) is 14.9. The van der Waals surface area contributed by atoms with Crippen molar-refractivity contribution in [2.45, 2.75) is 19.9 Å². The average Bonchev–Trinajstić information content (AvgIpc) is 3.04. The zero-order valence-electron chi connectivity index (χ0n) is 13.2. The molecule has 1 fully saturated rings. The Balaban J connectivity index is 0.00000176. The van der Waals surface area contributed by atoms with E-state index in [9.17, 15) is 0 Å². The number of rotatable bonds is 4. The predicted octanol–water partition coefficient (Wildman–Crippen LogP) is 2.07. The molecule has 5 nitrogen and oxygen atoms in total. The maximum Gasteiger partial charge on any atom is 0.0983 e. The maximum absolute atomic E-state index is 5.90. The van der Waals surface area contributed by atoms with Gasteiger partial charge < -0.3 is 5.73 Å². The third-order valence-corrected chi connectivity index (χ3v) is 4.36. The lowest BCUT2D eigenvalue weighted by molar-refractivity contribution is 0.274. The van der Waals surface area contributed by atoms with Gasteiger partial charge in [-0.05, 0) is 37.1 Å². The molecule has 2 aromatic heterocycles. The molecule has 2 aromatic rings. The van der Waals surface area contributed by atoms with Crippen LogP contribution in [0.5, 0.6) is 0 Å². The number of hydrogen-bond acceptors (Lipinski definition) is 4. The summed E-state index contributed by atoms with van der Waals surface area (Å²) >= 11 is 0. The van der Waals surface area contributed by atoms with Crippen LogP contribution in [-0.2, 0) is 13.6 Å². The van der Waals surface area contributed by atoms with Crippen LogP contribution in [0.1, 0.15) is 18.9 Å². The van der Waals surface area contributed by atoms with Gasteiger partial charge in [0.05, 0.1) is 5.69 Å². The predicted molar refractivity (Wildman–Crippen MR) is 90.7 cm³/mol. The summed E-state index contributed by atoms with van der Waals surface area (Å²) in [5.74, 6) is 0. The molecule has 3 rings (SSSR count). The summed E-state index contributed by atoms with van der Waals surface area (Å²) in [5.41, 5.74) is 9.53. The summed E-state index contributed by atoms with van der Waals surface area (Å²) in [5, 5.41) is 4.60. The SMILES string of the molecule is Cl.Cn1cc(CN2CCC(C)(CN)C2)c(-c2cccnc2)n1. The van der Waals surface area contributed by atoms with E-state index in [1.807, 2.05) is 24.0 Å². The van der Waals surface area contributed by atoms with E-state index >= 15 is 0 Å². The summed E-state index contributed by atoms with van der Waals surface area (Å²) < 4.78 is 1.88. The first-order chi connectivity index (χ1) is 10.1. The van der Waals surface area contributed by atoms with Crippen molar-refractivity contribution in [2.24, 2.45) is 18.2 Å². The number of aryl methyl sites for hydroxylation is 1. The fourth-order valence-corrected chi connectivity index (χ4v) is 3.07. The van der Waals surface area contributed by atoms with Crippen LogP contribution in [-0.4, -0.2) is 39.3 Å². The summed E-state index contributed by atoms with van der Waals surface area (Å²) in [6.07, 6.45) is 6.95. The minimum absolute atomic E-state index is 0. The number of pyridine rings is 1. The van der Waals surface area contributed by atoms with E-state index in [1.165, 1.54) is 12.0 Å². The van der Waals surface area contributed by atoms with Crippen molar-refractivity contribution < 1.29 is 0 Å². The van der Waals surface area contributed by atoms with E-state index in [-0.39, 0.29) is 17.8 Å². The van der Waals surface area contributed by atoms with Gasteiger partial charge in [0.2, 0.25) is 0 Å². The molecule has 1 atom stereocenters. The minimum atomic E-state index is 0. The van der Waals surface area contributed by atoms with Gasteiger partial charge in [0.25, 0.3) is 0 Å². The van der Waals surface area contributed by atoms with Crippen molar-refractivity contribution in [3.05, 3.63) is 36.3 Å². The normalized spacial score (nSPS) is 21.8. The number of hydrogen-bond donors (Lipinski definition) is 1. The van der Waals surface area contributed by atoms with Gasteiger partial charge in [-0.15, -0.1) is 12.4 Å². The molecule has 3 heterocycles. The number of halogens is 1. The molecule has 6 heteroatoms. The minimum Gasteiger partial charge on any atom is -0.330 e. The second-order valence-corrected chi connectivity index (χ2v) is 6.39. The van der Waals surface area contributed by atoms with Gasteiger partial charge in [-0.25, -0.2) is 0 Å². The molecule has 0 aliphatic carbocycles. The lowest BCUT2D eigenvalue weighted by Crippen LogP contribution is -2.31. The van der Waals surface area contributed by atoms with Gasteiger partial charge in [-0.3, -0.25) is 14.6 Å². The highest BCUT2D eigenvalue weighted by Gasteiger charge is 2.32. The topological polar surface area (TPSA) is 60.0 Å². The Labute approximate surface area is 137 Å². The number of nitrogens with zero attached hydrogens (tertiary/aromatic N) is 4. The molecule has 1 aliphatic rings. The number of nitrogens with two attached hydrogens (primary N) is 1. The van der Waals surface area contributed by atoms with Crippen molar-refractivity contribution in [3.8, 4) is 11.3 Å². The van der Waals surface area contributed by atoms with Gasteiger partial charge in [0, 0.05) is 49.9 Å². The Kier molecular flexibility index (Phi) is 5.21. The van der Waals surface area contributed by atoms with E-state index in [2.05, 4.69) is 34.2 Å². The highest BCUT2D eigenvalue weighted by molar-refractivity contribution is 5.85. The first-order valence-electron chi connectivity index (χ1n) is 7.45. The molecule has 1 saturated heterocycles. The summed E-state index contributed by atoms with van der Waals surface area (Å²) in [7, 11) is 1.97. The first-order valence-corrected chi connectivity index (χ1v) is 7.45. The first kappa shape index (κ1) is 16.9. The molecule has 120 valence electrons. The molecular weight excluding hydrogens is 298 g/mol. The van der Waals surface area contributed by atoms with E-state index in [0.29, 0.717) is 0 Å². The smallest absolute Gasteiger partial charge is 0.0983 e. The Hall–Kier alpha value is -1.43. The number of likely N-dealkylation sites (tertiary alicyclic amines) is 1. The molecule has 0 bridgehead atoms. The molecule has 1 unspecified atom stereocenters. The van der Waals surface area contributed by atoms with Gasteiger partial charge >= 0.3 is 0 Å². The highest BCUT2D eigenvalue weighted by Crippen LogP contribution is 2.31. The average molecular weight is 322 g/mol. The third kappa shape index (κ3) is 3.48.